The van der Waals surface area contributed by atoms with Crippen LogP contribution in [0, 0.1) is 22.7 Å². The van der Waals surface area contributed by atoms with Gasteiger partial charge in [0.1, 0.15) is 5.76 Å². The monoisotopic (exact) mass is 1070 g/mol. The molecule has 3 aliphatic carbocycles. The summed E-state index contributed by atoms with van der Waals surface area (Å²) >= 11 is 0. The standard InChI is InChI=1S/C76H105BN2O/c1-25-50(8)57-45-59-61(46-56(57)48(5)6)79(60(44-53-41-49(7)33-36-72(53,15)16)51(9)55-30-27-31-58-64(55)74(19,20)38-37-73(58,17)18)63-43-52(70(10,11)12)42-62-66(63)77(59)69-67(65-68(80-69)76(23,24)40-39-75(65,21)22)78(62)54(26-2)29-28-34-71(13,14)35-32-47(3)4/h26-31,34,41-50H,2,9,25,32-33,35-40H2,1,3-8,10-24H3/b34-28+,54-29+,60-44+. The van der Waals surface area contributed by atoms with E-state index in [1.165, 1.54) is 91.0 Å². The van der Waals surface area contributed by atoms with Crippen molar-refractivity contribution < 1.29 is 4.42 Å². The molecule has 2 atom stereocenters. The summed E-state index contributed by atoms with van der Waals surface area (Å²) in [7, 11) is 0. The van der Waals surface area contributed by atoms with Crippen molar-refractivity contribution in [1.82, 2.24) is 0 Å². The third-order valence-electron chi connectivity index (χ3n) is 20.5. The average Bonchev–Trinajstić information content (AvgIpc) is 2.99. The van der Waals surface area contributed by atoms with E-state index in [2.05, 4.69) is 241 Å². The van der Waals surface area contributed by atoms with Gasteiger partial charge in [0, 0.05) is 33.7 Å². The van der Waals surface area contributed by atoms with Gasteiger partial charge in [0.2, 0.25) is 0 Å². The maximum Gasteiger partial charge on any atom is 0.297 e. The summed E-state index contributed by atoms with van der Waals surface area (Å²) in [5, 5.41) is 0. The Morgan fingerprint density at radius 2 is 1.39 bits per heavy atom. The summed E-state index contributed by atoms with van der Waals surface area (Å²) in [5.41, 5.74) is 22.5. The van der Waals surface area contributed by atoms with Crippen molar-refractivity contribution in [2.45, 2.75) is 249 Å². The highest BCUT2D eigenvalue weighted by Crippen LogP contribution is 2.56. The fourth-order valence-electron chi connectivity index (χ4n) is 14.5. The Morgan fingerprint density at radius 1 is 0.762 bits per heavy atom. The van der Waals surface area contributed by atoms with Crippen LogP contribution in [0.4, 0.5) is 22.7 Å². The van der Waals surface area contributed by atoms with Gasteiger partial charge >= 0.3 is 0 Å². The van der Waals surface area contributed by atoms with Crippen LogP contribution in [0.3, 0.4) is 0 Å². The third kappa shape index (κ3) is 10.5. The molecule has 0 bridgehead atoms. The van der Waals surface area contributed by atoms with Crippen LogP contribution in [0.25, 0.3) is 5.57 Å². The van der Waals surface area contributed by atoms with Gasteiger partial charge < -0.3 is 14.2 Å². The van der Waals surface area contributed by atoms with Crippen LogP contribution in [0.2, 0.25) is 0 Å². The first kappa shape index (κ1) is 59.7. The van der Waals surface area contributed by atoms with Crippen LogP contribution >= 0.6 is 0 Å². The van der Waals surface area contributed by atoms with E-state index in [-0.39, 0.29) is 44.6 Å². The maximum absolute atomic E-state index is 7.92. The number of hydrogen-bond acceptors (Lipinski definition) is 3. The van der Waals surface area contributed by atoms with Gasteiger partial charge in [-0.3, -0.25) is 0 Å². The number of allylic oxidation sites excluding steroid dienone is 8. The Labute approximate surface area is 488 Å². The first-order valence-electron chi connectivity index (χ1n) is 31.5. The highest BCUT2D eigenvalue weighted by molar-refractivity contribution is 6.99. The van der Waals surface area contributed by atoms with E-state index in [1.807, 2.05) is 0 Å². The largest absolute Gasteiger partial charge is 0.472 e. The number of fused-ring (bicyclic) bond motifs is 7. The molecule has 0 spiro atoms. The fraction of sp³-hybridized carbons (Fsp3) is 0.553. The molecule has 80 heavy (non-hydrogen) atoms. The summed E-state index contributed by atoms with van der Waals surface area (Å²) in [6.07, 6.45) is 24.6. The zero-order valence-corrected chi connectivity index (χ0v) is 54.5. The third-order valence-corrected chi connectivity index (χ3v) is 20.5. The van der Waals surface area contributed by atoms with Gasteiger partial charge in [-0.15, -0.1) is 0 Å². The molecular formula is C76H105BN2O. The molecule has 2 aliphatic heterocycles. The van der Waals surface area contributed by atoms with Gasteiger partial charge in [0.05, 0.1) is 17.0 Å². The van der Waals surface area contributed by atoms with Gasteiger partial charge in [-0.05, 0) is 199 Å². The van der Waals surface area contributed by atoms with Gasteiger partial charge in [0.15, 0.2) is 0 Å². The molecule has 0 saturated carbocycles. The first-order chi connectivity index (χ1) is 37.1. The van der Waals surface area contributed by atoms with Gasteiger partial charge in [-0.1, -0.05) is 214 Å². The second-order valence-corrected chi connectivity index (χ2v) is 31.7. The number of anilines is 4. The molecule has 428 valence electrons. The molecule has 3 aromatic carbocycles. The summed E-state index contributed by atoms with van der Waals surface area (Å²) in [5.74, 6) is 2.94. The normalized spacial score (nSPS) is 21.2. The molecular weight excluding hydrogens is 968 g/mol. The summed E-state index contributed by atoms with van der Waals surface area (Å²) in [6, 6.07) is 17.6. The van der Waals surface area contributed by atoms with E-state index in [9.17, 15) is 0 Å². The van der Waals surface area contributed by atoms with Crippen molar-refractivity contribution in [3.05, 3.63) is 154 Å². The minimum absolute atomic E-state index is 0.0359. The van der Waals surface area contributed by atoms with Gasteiger partial charge in [-0.2, -0.15) is 0 Å². The molecule has 2 unspecified atom stereocenters. The predicted octanol–water partition coefficient (Wildman–Crippen LogP) is 20.4. The molecule has 0 saturated heterocycles. The lowest BCUT2D eigenvalue weighted by atomic mass is 9.35. The van der Waals surface area contributed by atoms with Crippen molar-refractivity contribution in [2.24, 2.45) is 22.7 Å². The van der Waals surface area contributed by atoms with Crippen molar-refractivity contribution in [3.63, 3.8) is 0 Å². The van der Waals surface area contributed by atoms with Crippen LogP contribution in [0.5, 0.6) is 0 Å². The summed E-state index contributed by atoms with van der Waals surface area (Å²) < 4.78 is 7.92. The topological polar surface area (TPSA) is 19.6 Å². The van der Waals surface area contributed by atoms with E-state index in [4.69, 9.17) is 17.6 Å². The molecule has 0 fully saturated rings. The molecule has 9 rings (SSSR count). The molecule has 4 aromatic rings. The molecule has 4 heteroatoms. The van der Waals surface area contributed by atoms with Crippen LogP contribution in [0.1, 0.15) is 267 Å². The van der Waals surface area contributed by atoms with E-state index >= 15 is 0 Å². The SMILES string of the molecule is C=C/C(=C\C=C\C(C)(C)CCC(C)C)N1c2cc(C(C)(C)C)cc3c2B(c2cc(C(C)CC)c(C(C)C)cc2N3/C(=C/C2=CC(C)CCC2(C)C)C(=C)c2cccc3c2C(C)(C)CCC3(C)C)c2oc3c(c21)C(C)(C)CCC3(C)C. The number of furan rings is 1. The lowest BCUT2D eigenvalue weighted by Crippen LogP contribution is -2.62. The Balaban J connectivity index is 1.48. The second-order valence-electron chi connectivity index (χ2n) is 31.7. The zero-order valence-electron chi connectivity index (χ0n) is 54.5. The Bertz CT molecular complexity index is 3230. The van der Waals surface area contributed by atoms with Crippen LogP contribution in [-0.2, 0) is 27.1 Å². The Kier molecular flexibility index (Phi) is 15.5. The highest BCUT2D eigenvalue weighted by Gasteiger charge is 2.53. The Hall–Kier alpha value is -4.96. The van der Waals surface area contributed by atoms with Crippen molar-refractivity contribution >= 4 is 51.6 Å². The van der Waals surface area contributed by atoms with E-state index in [0.29, 0.717) is 23.7 Å². The van der Waals surface area contributed by atoms with Crippen LogP contribution in [0.15, 0.2) is 113 Å². The number of rotatable bonds is 14. The molecule has 1 aromatic heterocycles. The predicted molar refractivity (Wildman–Crippen MR) is 352 cm³/mol. The molecule has 5 aliphatic rings. The molecule has 0 N–H and O–H groups in total. The van der Waals surface area contributed by atoms with Crippen molar-refractivity contribution in [2.75, 3.05) is 9.80 Å². The molecule has 0 radical (unpaired) electrons. The minimum Gasteiger partial charge on any atom is -0.472 e. The Morgan fingerprint density at radius 3 is 2.00 bits per heavy atom. The highest BCUT2D eigenvalue weighted by atomic mass is 16.3. The first-order valence-corrected chi connectivity index (χ1v) is 31.5. The lowest BCUT2D eigenvalue weighted by molar-refractivity contribution is 0.282. The smallest absolute Gasteiger partial charge is 0.297 e. The van der Waals surface area contributed by atoms with E-state index < -0.39 is 0 Å². The van der Waals surface area contributed by atoms with E-state index in [0.717, 1.165) is 73.3 Å². The molecule has 3 nitrogen and oxygen atoms in total. The second kappa shape index (κ2) is 20.7. The number of benzene rings is 3. The van der Waals surface area contributed by atoms with E-state index in [1.54, 1.807) is 0 Å². The quantitative estimate of drug-likeness (QED) is 0.0927. The minimum atomic E-state index is -0.198. The molecule has 0 amide bonds. The average molecular weight is 1070 g/mol. The maximum atomic E-state index is 7.92. The zero-order chi connectivity index (χ0) is 58.8. The van der Waals surface area contributed by atoms with Gasteiger partial charge in [-0.25, -0.2) is 0 Å². The van der Waals surface area contributed by atoms with Crippen molar-refractivity contribution in [1.29, 1.82) is 0 Å². The lowest BCUT2D eigenvalue weighted by Gasteiger charge is -2.47. The van der Waals surface area contributed by atoms with Crippen LogP contribution < -0.4 is 26.4 Å². The van der Waals surface area contributed by atoms with Crippen molar-refractivity contribution in [3.8, 4) is 0 Å². The number of nitrogens with zero attached hydrogens (tertiary/aromatic N) is 2. The summed E-state index contributed by atoms with van der Waals surface area (Å²) in [6.45, 7) is 63.2. The van der Waals surface area contributed by atoms with Gasteiger partial charge in [0.25, 0.3) is 6.71 Å². The summed E-state index contributed by atoms with van der Waals surface area (Å²) in [4.78, 5) is 5.36. The number of hydrogen-bond donors (Lipinski definition) is 0. The molecule has 3 heterocycles. The fourth-order valence-corrected chi connectivity index (χ4v) is 14.5. The van der Waals surface area contributed by atoms with Crippen LogP contribution in [-0.4, -0.2) is 6.71 Å².